The number of nitrogens with zero attached hydrogens (tertiary/aromatic N) is 1. The van der Waals surface area contributed by atoms with Gasteiger partial charge < -0.3 is 10.7 Å². The summed E-state index contributed by atoms with van der Waals surface area (Å²) >= 11 is 0. The lowest BCUT2D eigenvalue weighted by Crippen LogP contribution is -2.18. The Morgan fingerprint density at radius 2 is 2.11 bits per heavy atom. The van der Waals surface area contributed by atoms with Crippen LogP contribution in [0, 0.1) is 12.7 Å². The molecular weight excluding hydrogens is 247 g/mol. The molecule has 0 radical (unpaired) electrons. The Morgan fingerprint density at radius 1 is 1.32 bits per heavy atom. The number of carbonyl (C=O) groups excluding carboxylic acids is 1. The fourth-order valence-corrected chi connectivity index (χ4v) is 1.63. The van der Waals surface area contributed by atoms with Gasteiger partial charge in [0.2, 0.25) is 0 Å². The van der Waals surface area contributed by atoms with Crippen molar-refractivity contribution in [1.82, 2.24) is 4.98 Å². The average molecular weight is 260 g/mol. The summed E-state index contributed by atoms with van der Waals surface area (Å²) in [6.45, 7) is 1.78. The van der Waals surface area contributed by atoms with E-state index >= 15 is 0 Å². The minimum atomic E-state index is -0.409. The number of hydrogen-bond donors (Lipinski definition) is 3. The largest absolute Gasteiger partial charge is 0.322 e. The number of anilines is 2. The minimum absolute atomic E-state index is 0.334. The first-order chi connectivity index (χ1) is 9.11. The average Bonchev–Trinajstić information content (AvgIpc) is 2.42. The van der Waals surface area contributed by atoms with E-state index in [2.05, 4.69) is 15.7 Å². The van der Waals surface area contributed by atoms with E-state index in [1.165, 1.54) is 30.6 Å². The van der Waals surface area contributed by atoms with E-state index in [4.69, 9.17) is 5.84 Å². The molecule has 0 atom stereocenters. The normalized spacial score (nSPS) is 10.1. The number of aryl methyl sites for hydroxylation is 1. The number of rotatable bonds is 3. The second kappa shape index (κ2) is 5.45. The van der Waals surface area contributed by atoms with Gasteiger partial charge >= 0.3 is 0 Å². The molecule has 1 aromatic carbocycles. The summed E-state index contributed by atoms with van der Waals surface area (Å²) in [7, 11) is 0. The van der Waals surface area contributed by atoms with Gasteiger partial charge in [-0.15, -0.1) is 0 Å². The Hall–Kier alpha value is -2.47. The second-order valence-corrected chi connectivity index (χ2v) is 3.98. The molecule has 19 heavy (non-hydrogen) atoms. The monoisotopic (exact) mass is 260 g/mol. The Labute approximate surface area is 109 Å². The first-order valence-corrected chi connectivity index (χ1v) is 5.60. The molecule has 0 bridgehead atoms. The molecule has 1 aromatic heterocycles. The Kier molecular flexibility index (Phi) is 3.72. The smallest absolute Gasteiger partial charge is 0.257 e. The van der Waals surface area contributed by atoms with E-state index in [-0.39, 0.29) is 5.91 Å². The first kappa shape index (κ1) is 13.0. The third-order valence-electron chi connectivity index (χ3n) is 2.67. The van der Waals surface area contributed by atoms with E-state index in [0.29, 0.717) is 16.9 Å². The van der Waals surface area contributed by atoms with Crippen LogP contribution in [0.1, 0.15) is 15.9 Å². The van der Waals surface area contributed by atoms with E-state index in [9.17, 15) is 9.18 Å². The molecule has 1 heterocycles. The van der Waals surface area contributed by atoms with Gasteiger partial charge in [-0.25, -0.2) is 4.39 Å². The molecule has 0 aliphatic heterocycles. The molecular formula is C13H13FN4O. The number of amides is 1. The van der Waals surface area contributed by atoms with Crippen molar-refractivity contribution in [1.29, 1.82) is 0 Å². The number of pyridine rings is 1. The zero-order valence-electron chi connectivity index (χ0n) is 10.3. The van der Waals surface area contributed by atoms with Gasteiger partial charge in [0.25, 0.3) is 5.91 Å². The van der Waals surface area contributed by atoms with Gasteiger partial charge in [0, 0.05) is 11.9 Å². The maximum Gasteiger partial charge on any atom is 0.257 e. The van der Waals surface area contributed by atoms with Crippen LogP contribution in [-0.4, -0.2) is 10.9 Å². The van der Waals surface area contributed by atoms with Gasteiger partial charge in [0.05, 0.1) is 17.4 Å². The number of hydrogen-bond acceptors (Lipinski definition) is 4. The number of halogens is 1. The van der Waals surface area contributed by atoms with Gasteiger partial charge in [-0.3, -0.25) is 15.6 Å². The van der Waals surface area contributed by atoms with Crippen LogP contribution in [0.4, 0.5) is 15.8 Å². The zero-order valence-corrected chi connectivity index (χ0v) is 10.3. The molecule has 2 aromatic rings. The molecule has 0 unspecified atom stereocenters. The van der Waals surface area contributed by atoms with Crippen LogP contribution < -0.4 is 16.6 Å². The third kappa shape index (κ3) is 2.86. The fourth-order valence-electron chi connectivity index (χ4n) is 1.63. The van der Waals surface area contributed by atoms with Crippen molar-refractivity contribution in [3.8, 4) is 0 Å². The van der Waals surface area contributed by atoms with E-state index < -0.39 is 5.82 Å². The molecule has 0 spiro atoms. The highest BCUT2D eigenvalue weighted by Crippen LogP contribution is 2.19. The number of aromatic nitrogens is 1. The lowest BCUT2D eigenvalue weighted by molar-refractivity contribution is 0.102. The van der Waals surface area contributed by atoms with Crippen LogP contribution in [0.3, 0.4) is 0 Å². The van der Waals surface area contributed by atoms with Crippen molar-refractivity contribution in [2.24, 2.45) is 5.84 Å². The minimum Gasteiger partial charge on any atom is -0.322 e. The van der Waals surface area contributed by atoms with Crippen molar-refractivity contribution in [2.45, 2.75) is 6.92 Å². The van der Waals surface area contributed by atoms with Crippen LogP contribution in [0.2, 0.25) is 0 Å². The summed E-state index contributed by atoms with van der Waals surface area (Å²) in [6.07, 6.45) is 2.92. The molecule has 0 aliphatic carbocycles. The van der Waals surface area contributed by atoms with Crippen LogP contribution in [0.15, 0.2) is 36.7 Å². The number of hydrazine groups is 1. The van der Waals surface area contributed by atoms with Gasteiger partial charge in [-0.2, -0.15) is 0 Å². The summed E-state index contributed by atoms with van der Waals surface area (Å²) in [4.78, 5) is 16.0. The summed E-state index contributed by atoms with van der Waals surface area (Å²) in [6, 6.07) is 5.73. The number of benzene rings is 1. The molecule has 0 saturated carbocycles. The summed E-state index contributed by atoms with van der Waals surface area (Å²) < 4.78 is 13.2. The standard InChI is InChI=1S/C13H13FN4O/c1-8-2-3-9(14)6-11(8)17-13(19)10-4-5-16-7-12(10)18-15/h2-7,18H,15H2,1H3,(H,17,19). The molecule has 6 heteroatoms. The highest BCUT2D eigenvalue weighted by molar-refractivity contribution is 6.08. The first-order valence-electron chi connectivity index (χ1n) is 5.60. The number of nitrogens with two attached hydrogens (primary N) is 1. The third-order valence-corrected chi connectivity index (χ3v) is 2.67. The molecule has 98 valence electrons. The highest BCUT2D eigenvalue weighted by atomic mass is 19.1. The van der Waals surface area contributed by atoms with Crippen molar-refractivity contribution >= 4 is 17.3 Å². The lowest BCUT2D eigenvalue weighted by atomic mass is 10.1. The maximum atomic E-state index is 13.2. The molecule has 0 fully saturated rings. The van der Waals surface area contributed by atoms with Gasteiger partial charge in [-0.05, 0) is 30.7 Å². The quantitative estimate of drug-likeness (QED) is 0.583. The Balaban J connectivity index is 2.28. The maximum absolute atomic E-state index is 13.2. The number of nitrogen functional groups attached to an aromatic ring is 1. The van der Waals surface area contributed by atoms with Crippen molar-refractivity contribution in [2.75, 3.05) is 10.7 Å². The van der Waals surface area contributed by atoms with Crippen LogP contribution in [-0.2, 0) is 0 Å². The predicted molar refractivity (Wildman–Crippen MR) is 71.1 cm³/mol. The predicted octanol–water partition coefficient (Wildman–Crippen LogP) is 2.07. The van der Waals surface area contributed by atoms with Crippen molar-refractivity contribution in [3.05, 3.63) is 53.6 Å². The molecule has 0 aliphatic rings. The SMILES string of the molecule is Cc1ccc(F)cc1NC(=O)c1ccncc1NN. The Bertz CT molecular complexity index is 615. The second-order valence-electron chi connectivity index (χ2n) is 3.98. The van der Waals surface area contributed by atoms with Crippen LogP contribution in [0.25, 0.3) is 0 Å². The zero-order chi connectivity index (χ0) is 13.8. The molecule has 2 rings (SSSR count). The van der Waals surface area contributed by atoms with E-state index in [1.807, 2.05) is 0 Å². The van der Waals surface area contributed by atoms with E-state index in [1.54, 1.807) is 13.0 Å². The lowest BCUT2D eigenvalue weighted by Gasteiger charge is -2.11. The van der Waals surface area contributed by atoms with E-state index in [0.717, 1.165) is 5.56 Å². The number of nitrogens with one attached hydrogen (secondary N) is 2. The Morgan fingerprint density at radius 3 is 2.84 bits per heavy atom. The van der Waals surface area contributed by atoms with Gasteiger partial charge in [0.1, 0.15) is 5.82 Å². The van der Waals surface area contributed by atoms with Gasteiger partial charge in [-0.1, -0.05) is 6.07 Å². The summed E-state index contributed by atoms with van der Waals surface area (Å²) in [5, 5.41) is 2.64. The van der Waals surface area contributed by atoms with Crippen molar-refractivity contribution in [3.63, 3.8) is 0 Å². The number of carbonyl (C=O) groups is 1. The molecule has 1 amide bonds. The molecule has 4 N–H and O–H groups in total. The topological polar surface area (TPSA) is 80.0 Å². The van der Waals surface area contributed by atoms with Crippen molar-refractivity contribution < 1.29 is 9.18 Å². The van der Waals surface area contributed by atoms with Crippen LogP contribution >= 0.6 is 0 Å². The summed E-state index contributed by atoms with van der Waals surface area (Å²) in [5.41, 5.74) is 4.31. The highest BCUT2D eigenvalue weighted by Gasteiger charge is 2.12. The fraction of sp³-hybridized carbons (Fsp3) is 0.0769. The molecule has 0 saturated heterocycles. The molecule has 5 nitrogen and oxygen atoms in total. The summed E-state index contributed by atoms with van der Waals surface area (Å²) in [5.74, 6) is 4.51. The van der Waals surface area contributed by atoms with Gasteiger partial charge in [0.15, 0.2) is 0 Å². The van der Waals surface area contributed by atoms with Crippen LogP contribution in [0.5, 0.6) is 0 Å².